The van der Waals surface area contributed by atoms with Gasteiger partial charge in [-0.2, -0.15) is 0 Å². The normalized spacial score (nSPS) is 22.8. The van der Waals surface area contributed by atoms with Gasteiger partial charge in [-0.15, -0.1) is 0 Å². The third kappa shape index (κ3) is 6.07. The number of nitrogens with zero attached hydrogens (tertiary/aromatic N) is 1. The highest BCUT2D eigenvalue weighted by Gasteiger charge is 2.38. The van der Waals surface area contributed by atoms with E-state index in [4.69, 9.17) is 10.5 Å². The van der Waals surface area contributed by atoms with Crippen molar-refractivity contribution in [2.45, 2.75) is 65.2 Å². The average Bonchev–Trinajstić information content (AvgIpc) is 2.62. The highest BCUT2D eigenvalue weighted by atomic mass is 16.5. The summed E-state index contributed by atoms with van der Waals surface area (Å²) in [5.41, 5.74) is 5.90. The number of ketones is 1. The molecule has 1 saturated carbocycles. The molecule has 5 heteroatoms. The Balaban J connectivity index is 1.57. The first-order chi connectivity index (χ1) is 12.0. The third-order valence-corrected chi connectivity index (χ3v) is 6.57. The minimum Gasteiger partial charge on any atom is -0.380 e. The van der Waals surface area contributed by atoms with Crippen molar-refractivity contribution < 1.29 is 14.3 Å². The van der Waals surface area contributed by atoms with Crippen molar-refractivity contribution in [2.75, 3.05) is 32.8 Å². The molecule has 0 bridgehead atoms. The molecule has 1 saturated heterocycles. The summed E-state index contributed by atoms with van der Waals surface area (Å²) in [7, 11) is 0. The van der Waals surface area contributed by atoms with Crippen LogP contribution in [0, 0.1) is 17.3 Å². The Morgan fingerprint density at radius 1 is 1.16 bits per heavy atom. The van der Waals surface area contributed by atoms with Gasteiger partial charge < -0.3 is 15.4 Å². The molecular formula is C20H36N2O3. The Hall–Kier alpha value is -0.940. The van der Waals surface area contributed by atoms with E-state index in [0.29, 0.717) is 30.8 Å². The van der Waals surface area contributed by atoms with Crippen LogP contribution in [0.1, 0.15) is 65.2 Å². The lowest BCUT2D eigenvalue weighted by molar-refractivity contribution is -0.124. The van der Waals surface area contributed by atoms with Crippen LogP contribution in [-0.4, -0.2) is 49.4 Å². The number of amides is 1. The molecule has 0 aromatic rings. The van der Waals surface area contributed by atoms with Gasteiger partial charge in [-0.1, -0.05) is 13.8 Å². The van der Waals surface area contributed by atoms with Gasteiger partial charge in [0.15, 0.2) is 0 Å². The zero-order valence-corrected chi connectivity index (χ0v) is 16.1. The minimum absolute atomic E-state index is 0.107. The highest BCUT2D eigenvalue weighted by molar-refractivity contribution is 5.80. The smallest absolute Gasteiger partial charge is 0.220 e. The first-order valence-electron chi connectivity index (χ1n) is 10.1. The number of piperidine rings is 1. The Labute approximate surface area is 152 Å². The standard InChI is InChI=1S/C20H36N2O3/c1-3-16(2)18(23)6-14-25-15-13-22-11-9-20(10-12-22)7-4-17(5-8-20)19(21)24/h16-17H,3-15H2,1-2H3,(H2,21,24). The predicted molar refractivity (Wildman–Crippen MR) is 99.2 cm³/mol. The van der Waals surface area contributed by atoms with Gasteiger partial charge in [0.05, 0.1) is 13.2 Å². The molecule has 2 fully saturated rings. The van der Waals surface area contributed by atoms with Crippen LogP contribution in [0.25, 0.3) is 0 Å². The van der Waals surface area contributed by atoms with Crippen molar-refractivity contribution >= 4 is 11.7 Å². The molecule has 144 valence electrons. The van der Waals surface area contributed by atoms with Crippen molar-refractivity contribution in [1.82, 2.24) is 4.90 Å². The maximum atomic E-state index is 11.8. The number of rotatable bonds is 9. The summed E-state index contributed by atoms with van der Waals surface area (Å²) in [4.78, 5) is 25.6. The number of carbonyl (C=O) groups is 2. The maximum Gasteiger partial charge on any atom is 0.220 e. The molecule has 2 aliphatic rings. The van der Waals surface area contributed by atoms with E-state index in [1.54, 1.807) is 0 Å². The predicted octanol–water partition coefficient (Wildman–Crippen LogP) is 2.77. The van der Waals surface area contributed by atoms with E-state index in [2.05, 4.69) is 4.90 Å². The Morgan fingerprint density at radius 3 is 2.36 bits per heavy atom. The van der Waals surface area contributed by atoms with E-state index >= 15 is 0 Å². The van der Waals surface area contributed by atoms with Gasteiger partial charge in [0.1, 0.15) is 5.78 Å². The molecular weight excluding hydrogens is 316 g/mol. The Morgan fingerprint density at radius 2 is 1.80 bits per heavy atom. The van der Waals surface area contributed by atoms with Crippen LogP contribution < -0.4 is 5.73 Å². The molecule has 1 unspecified atom stereocenters. The van der Waals surface area contributed by atoms with Crippen LogP contribution in [-0.2, 0) is 14.3 Å². The Bertz CT molecular complexity index is 434. The van der Waals surface area contributed by atoms with Gasteiger partial charge in [0, 0.05) is 24.8 Å². The second-order valence-corrected chi connectivity index (χ2v) is 8.16. The number of nitrogens with two attached hydrogens (primary N) is 1. The van der Waals surface area contributed by atoms with Crippen LogP contribution in [0.5, 0.6) is 0 Å². The van der Waals surface area contributed by atoms with Gasteiger partial charge in [-0.3, -0.25) is 9.59 Å². The SMILES string of the molecule is CCC(C)C(=O)CCOCCN1CCC2(CCC(C(N)=O)CC2)CC1. The number of carbonyl (C=O) groups excluding carboxylic acids is 2. The molecule has 1 aliphatic heterocycles. The number of ether oxygens (including phenoxy) is 1. The molecule has 0 radical (unpaired) electrons. The van der Waals surface area contributed by atoms with Gasteiger partial charge in [0.2, 0.25) is 5.91 Å². The second-order valence-electron chi connectivity index (χ2n) is 8.16. The van der Waals surface area contributed by atoms with Crippen LogP contribution in [0.3, 0.4) is 0 Å². The average molecular weight is 353 g/mol. The van der Waals surface area contributed by atoms with Gasteiger partial charge in [0.25, 0.3) is 0 Å². The molecule has 1 atom stereocenters. The number of hydrogen-bond acceptors (Lipinski definition) is 4. The zero-order chi connectivity index (χ0) is 18.3. The summed E-state index contributed by atoms with van der Waals surface area (Å²) in [6.07, 6.45) is 8.17. The monoisotopic (exact) mass is 352 g/mol. The summed E-state index contributed by atoms with van der Waals surface area (Å²) in [5, 5.41) is 0. The third-order valence-electron chi connectivity index (χ3n) is 6.57. The largest absolute Gasteiger partial charge is 0.380 e. The van der Waals surface area contributed by atoms with E-state index in [9.17, 15) is 9.59 Å². The highest BCUT2D eigenvalue weighted by Crippen LogP contribution is 2.46. The van der Waals surface area contributed by atoms with Crippen LogP contribution >= 0.6 is 0 Å². The topological polar surface area (TPSA) is 72.6 Å². The fourth-order valence-electron chi connectivity index (χ4n) is 4.21. The van der Waals surface area contributed by atoms with Crippen molar-refractivity contribution in [3.63, 3.8) is 0 Å². The Kier molecular flexibility index (Phi) is 7.88. The fraction of sp³-hybridized carbons (Fsp3) is 0.900. The van der Waals surface area contributed by atoms with Crippen molar-refractivity contribution in [3.8, 4) is 0 Å². The molecule has 1 heterocycles. The summed E-state index contributed by atoms with van der Waals surface area (Å²) >= 11 is 0. The van der Waals surface area contributed by atoms with E-state index in [0.717, 1.165) is 51.7 Å². The number of primary amides is 1. The quantitative estimate of drug-likeness (QED) is 0.648. The molecule has 2 N–H and O–H groups in total. The molecule has 0 aromatic heterocycles. The lowest BCUT2D eigenvalue weighted by Gasteiger charge is -2.45. The molecule has 25 heavy (non-hydrogen) atoms. The van der Waals surface area contributed by atoms with E-state index < -0.39 is 0 Å². The van der Waals surface area contributed by atoms with Crippen molar-refractivity contribution in [1.29, 1.82) is 0 Å². The number of hydrogen-bond donors (Lipinski definition) is 1. The molecule has 0 aromatic carbocycles. The molecule has 5 nitrogen and oxygen atoms in total. The van der Waals surface area contributed by atoms with Crippen molar-refractivity contribution in [2.24, 2.45) is 23.0 Å². The maximum absolute atomic E-state index is 11.8. The second kappa shape index (κ2) is 9.67. The molecule has 1 spiro atoms. The first kappa shape index (κ1) is 20.4. The van der Waals surface area contributed by atoms with Crippen LogP contribution in [0.2, 0.25) is 0 Å². The zero-order valence-electron chi connectivity index (χ0n) is 16.1. The number of Topliss-reactive ketones (excluding diaryl/α,β-unsaturated/α-hetero) is 1. The summed E-state index contributed by atoms with van der Waals surface area (Å²) in [5.74, 6) is 0.465. The fourth-order valence-corrected chi connectivity index (χ4v) is 4.21. The van der Waals surface area contributed by atoms with E-state index in [1.165, 1.54) is 12.8 Å². The van der Waals surface area contributed by atoms with Gasteiger partial charge in [-0.25, -0.2) is 0 Å². The van der Waals surface area contributed by atoms with Gasteiger partial charge in [-0.05, 0) is 63.5 Å². The molecule has 2 rings (SSSR count). The minimum atomic E-state index is -0.115. The van der Waals surface area contributed by atoms with Crippen LogP contribution in [0.15, 0.2) is 0 Å². The molecule has 1 aliphatic carbocycles. The lowest BCUT2D eigenvalue weighted by atomic mass is 9.65. The summed E-state index contributed by atoms with van der Waals surface area (Å²) in [6.45, 7) is 8.50. The number of likely N-dealkylation sites (tertiary alicyclic amines) is 1. The first-order valence-corrected chi connectivity index (χ1v) is 10.1. The molecule has 1 amide bonds. The van der Waals surface area contributed by atoms with Crippen LogP contribution in [0.4, 0.5) is 0 Å². The van der Waals surface area contributed by atoms with Gasteiger partial charge >= 0.3 is 0 Å². The summed E-state index contributed by atoms with van der Waals surface area (Å²) < 4.78 is 5.67. The van der Waals surface area contributed by atoms with E-state index in [-0.39, 0.29) is 17.7 Å². The summed E-state index contributed by atoms with van der Waals surface area (Å²) in [6, 6.07) is 0. The van der Waals surface area contributed by atoms with Crippen molar-refractivity contribution in [3.05, 3.63) is 0 Å². The van der Waals surface area contributed by atoms with E-state index in [1.807, 2.05) is 13.8 Å². The lowest BCUT2D eigenvalue weighted by Crippen LogP contribution is -2.44.